The second kappa shape index (κ2) is 2.59. The third-order valence-corrected chi connectivity index (χ3v) is 1.79. The Hall–Kier alpha value is -2.31. The number of nitrogens with zero attached hydrogens (tertiary/aromatic N) is 7. The van der Waals surface area contributed by atoms with Gasteiger partial charge < -0.3 is 0 Å². The molecule has 0 aliphatic rings. The van der Waals surface area contributed by atoms with Crippen molar-refractivity contribution in [1.82, 2.24) is 35.0 Å². The molecular formula is C7H5N7. The molecule has 68 valence electrons. The zero-order valence-corrected chi connectivity index (χ0v) is 7.02. The second-order valence-corrected chi connectivity index (χ2v) is 2.67. The number of hydrogen-bond donors (Lipinski definition) is 0. The molecule has 0 saturated carbocycles. The summed E-state index contributed by atoms with van der Waals surface area (Å²) in [7, 11) is 0. The number of hydrogen-bond acceptors (Lipinski definition) is 5. The van der Waals surface area contributed by atoms with Crippen LogP contribution in [-0.2, 0) is 0 Å². The molecule has 0 saturated heterocycles. The van der Waals surface area contributed by atoms with Gasteiger partial charge in [-0.2, -0.15) is 5.10 Å². The van der Waals surface area contributed by atoms with Crippen LogP contribution in [0.2, 0.25) is 0 Å². The van der Waals surface area contributed by atoms with Gasteiger partial charge in [-0.15, -0.1) is 14.8 Å². The summed E-state index contributed by atoms with van der Waals surface area (Å²) in [6.07, 6.45) is 3.49. The molecule has 0 spiro atoms. The highest BCUT2D eigenvalue weighted by Gasteiger charge is 2.01. The van der Waals surface area contributed by atoms with E-state index in [1.54, 1.807) is 29.2 Å². The molecule has 14 heavy (non-hydrogen) atoms. The van der Waals surface area contributed by atoms with Crippen molar-refractivity contribution in [3.8, 4) is 5.82 Å². The summed E-state index contributed by atoms with van der Waals surface area (Å²) >= 11 is 0. The molecule has 0 amide bonds. The van der Waals surface area contributed by atoms with E-state index in [2.05, 4.69) is 25.7 Å². The summed E-state index contributed by atoms with van der Waals surface area (Å²) in [6.45, 7) is 0. The lowest BCUT2D eigenvalue weighted by Gasteiger charge is -1.97. The largest absolute Gasteiger partial charge is 0.221 e. The van der Waals surface area contributed by atoms with Gasteiger partial charge in [0.2, 0.25) is 0 Å². The van der Waals surface area contributed by atoms with Crippen molar-refractivity contribution < 1.29 is 0 Å². The van der Waals surface area contributed by atoms with Crippen LogP contribution in [0.5, 0.6) is 0 Å². The summed E-state index contributed by atoms with van der Waals surface area (Å²) in [4.78, 5) is 0. The number of tetrazole rings is 1. The van der Waals surface area contributed by atoms with Gasteiger partial charge in [-0.1, -0.05) is 0 Å². The first-order valence-corrected chi connectivity index (χ1v) is 3.99. The maximum atomic E-state index is 4.16. The molecule has 3 rings (SSSR count). The minimum Gasteiger partial charge on any atom is -0.221 e. The molecular weight excluding hydrogens is 182 g/mol. The maximum Gasteiger partial charge on any atom is 0.200 e. The Morgan fingerprint density at radius 3 is 3.07 bits per heavy atom. The average molecular weight is 187 g/mol. The maximum absolute atomic E-state index is 4.16. The molecule has 0 aliphatic heterocycles. The Bertz CT molecular complexity index is 552. The number of fused-ring (bicyclic) bond motifs is 1. The molecule has 3 aromatic heterocycles. The SMILES string of the molecule is c1cnn(-c2ccc3nnnn3n2)c1. The first-order valence-electron chi connectivity index (χ1n) is 3.99. The molecule has 0 N–H and O–H groups in total. The third kappa shape index (κ3) is 0.954. The number of rotatable bonds is 1. The molecule has 0 aromatic carbocycles. The molecule has 0 aliphatic carbocycles. The quantitative estimate of drug-likeness (QED) is 0.523. The predicted molar refractivity (Wildman–Crippen MR) is 45.7 cm³/mol. The van der Waals surface area contributed by atoms with E-state index in [0.29, 0.717) is 11.5 Å². The molecule has 7 nitrogen and oxygen atoms in total. The van der Waals surface area contributed by atoms with Crippen LogP contribution in [0.4, 0.5) is 0 Å². The van der Waals surface area contributed by atoms with Crippen molar-refractivity contribution in [2.75, 3.05) is 0 Å². The molecule has 3 aromatic rings. The highest BCUT2D eigenvalue weighted by Crippen LogP contribution is 2.02. The molecule has 0 fully saturated rings. The molecule has 0 atom stereocenters. The highest BCUT2D eigenvalue weighted by molar-refractivity contribution is 5.36. The number of aromatic nitrogens is 7. The van der Waals surface area contributed by atoms with E-state index < -0.39 is 0 Å². The fourth-order valence-electron chi connectivity index (χ4n) is 1.17. The molecule has 3 heterocycles. The Labute approximate surface area is 78.0 Å². The van der Waals surface area contributed by atoms with Gasteiger partial charge in [0.15, 0.2) is 11.5 Å². The molecule has 0 unspecified atom stereocenters. The van der Waals surface area contributed by atoms with Gasteiger partial charge in [0.1, 0.15) is 0 Å². The Morgan fingerprint density at radius 1 is 1.21 bits per heavy atom. The predicted octanol–water partition coefficient (Wildman–Crippen LogP) is -0.295. The fraction of sp³-hybridized carbons (Fsp3) is 0. The average Bonchev–Trinajstić information content (AvgIpc) is 2.88. The van der Waals surface area contributed by atoms with E-state index >= 15 is 0 Å². The van der Waals surface area contributed by atoms with Gasteiger partial charge in [-0.25, -0.2) is 4.68 Å². The van der Waals surface area contributed by atoms with Crippen LogP contribution in [0.15, 0.2) is 30.6 Å². The van der Waals surface area contributed by atoms with E-state index in [0.717, 1.165) is 0 Å². The summed E-state index contributed by atoms with van der Waals surface area (Å²) in [6, 6.07) is 5.41. The first kappa shape index (κ1) is 7.13. The van der Waals surface area contributed by atoms with Crippen molar-refractivity contribution >= 4 is 5.65 Å². The highest BCUT2D eigenvalue weighted by atomic mass is 15.6. The molecule has 7 heteroatoms. The van der Waals surface area contributed by atoms with Gasteiger partial charge >= 0.3 is 0 Å². The zero-order chi connectivity index (χ0) is 9.38. The van der Waals surface area contributed by atoms with Crippen LogP contribution in [0.25, 0.3) is 11.5 Å². The van der Waals surface area contributed by atoms with Crippen molar-refractivity contribution in [1.29, 1.82) is 0 Å². The topological polar surface area (TPSA) is 73.8 Å². The first-order chi connectivity index (χ1) is 6.93. The van der Waals surface area contributed by atoms with Crippen LogP contribution in [0.1, 0.15) is 0 Å². The van der Waals surface area contributed by atoms with Gasteiger partial charge in [-0.3, -0.25) is 0 Å². The zero-order valence-electron chi connectivity index (χ0n) is 7.02. The van der Waals surface area contributed by atoms with Crippen LogP contribution in [-0.4, -0.2) is 35.0 Å². The van der Waals surface area contributed by atoms with Gasteiger partial charge in [0, 0.05) is 12.4 Å². The Balaban J connectivity index is 2.23. The standard InChI is InChI=1S/C7H5N7/c1-4-8-13(5-1)7-3-2-6-9-11-12-14(6)10-7/h1-5H. The van der Waals surface area contributed by atoms with Crippen LogP contribution in [0.3, 0.4) is 0 Å². The lowest BCUT2D eigenvalue weighted by Crippen LogP contribution is -2.03. The second-order valence-electron chi connectivity index (χ2n) is 2.67. The van der Waals surface area contributed by atoms with Crippen molar-refractivity contribution in [2.45, 2.75) is 0 Å². The van der Waals surface area contributed by atoms with Gasteiger partial charge in [0.25, 0.3) is 0 Å². The monoisotopic (exact) mass is 187 g/mol. The van der Waals surface area contributed by atoms with Crippen LogP contribution < -0.4 is 0 Å². The third-order valence-electron chi connectivity index (χ3n) is 1.79. The van der Waals surface area contributed by atoms with E-state index in [1.807, 2.05) is 6.07 Å². The van der Waals surface area contributed by atoms with Gasteiger partial charge in [-0.05, 0) is 28.6 Å². The van der Waals surface area contributed by atoms with Gasteiger partial charge in [0.05, 0.1) is 0 Å². The summed E-state index contributed by atoms with van der Waals surface area (Å²) in [5.74, 6) is 0.676. The Morgan fingerprint density at radius 2 is 2.21 bits per heavy atom. The minimum absolute atomic E-state index is 0.612. The van der Waals surface area contributed by atoms with Crippen molar-refractivity contribution in [3.05, 3.63) is 30.6 Å². The van der Waals surface area contributed by atoms with E-state index in [1.165, 1.54) is 4.63 Å². The molecule has 0 bridgehead atoms. The molecule has 0 radical (unpaired) electrons. The minimum atomic E-state index is 0.612. The van der Waals surface area contributed by atoms with E-state index in [-0.39, 0.29) is 0 Å². The summed E-state index contributed by atoms with van der Waals surface area (Å²) in [5, 5.41) is 19.1. The Kier molecular flexibility index (Phi) is 1.32. The normalized spacial score (nSPS) is 10.9. The fourth-order valence-corrected chi connectivity index (χ4v) is 1.17. The van der Waals surface area contributed by atoms with Crippen molar-refractivity contribution in [3.63, 3.8) is 0 Å². The van der Waals surface area contributed by atoms with Crippen LogP contribution in [0, 0.1) is 0 Å². The van der Waals surface area contributed by atoms with Crippen LogP contribution >= 0.6 is 0 Å². The lowest BCUT2D eigenvalue weighted by atomic mass is 10.5. The van der Waals surface area contributed by atoms with Crippen molar-refractivity contribution in [2.24, 2.45) is 0 Å². The summed E-state index contributed by atoms with van der Waals surface area (Å²) in [5.41, 5.74) is 0.612. The lowest BCUT2D eigenvalue weighted by molar-refractivity contribution is 0.702. The van der Waals surface area contributed by atoms with E-state index in [4.69, 9.17) is 0 Å². The summed E-state index contributed by atoms with van der Waals surface area (Å²) < 4.78 is 3.00. The van der Waals surface area contributed by atoms with E-state index in [9.17, 15) is 0 Å². The smallest absolute Gasteiger partial charge is 0.200 e.